The molecule has 0 aliphatic rings. The fourth-order valence-corrected chi connectivity index (χ4v) is 3.31. The summed E-state index contributed by atoms with van der Waals surface area (Å²) in [6, 6.07) is 21.2. The second-order valence-electron chi connectivity index (χ2n) is 6.41. The van der Waals surface area contributed by atoms with E-state index in [0.29, 0.717) is 5.56 Å². The molecule has 0 saturated heterocycles. The number of benzene rings is 3. The predicted octanol–water partition coefficient (Wildman–Crippen LogP) is 2.62. The molecular weight excluding hydrogens is 411 g/mol. The number of carboxylic acids is 1. The van der Waals surface area contributed by atoms with Crippen LogP contribution in [-0.2, 0) is 0 Å². The van der Waals surface area contributed by atoms with Crippen molar-refractivity contribution in [3.63, 3.8) is 0 Å². The fourth-order valence-electron chi connectivity index (χ4n) is 3.14. The minimum atomic E-state index is -1.17. The topological polar surface area (TPSA) is 79.3 Å². The maximum Gasteiger partial charge on any atom is 1.00 e. The van der Waals surface area contributed by atoms with Gasteiger partial charge in [0, 0.05) is 27.7 Å². The molecule has 0 radical (unpaired) electrons. The van der Waals surface area contributed by atoms with Crippen molar-refractivity contribution in [2.45, 2.75) is 0 Å². The summed E-state index contributed by atoms with van der Waals surface area (Å²) in [7, 11) is 0. The molecule has 0 atom stereocenters. The van der Waals surface area contributed by atoms with Crippen molar-refractivity contribution in [1.82, 2.24) is 4.98 Å². The third-order valence-electron chi connectivity index (χ3n) is 4.55. The van der Waals surface area contributed by atoms with Crippen LogP contribution in [0.25, 0.3) is 22.0 Å². The summed E-state index contributed by atoms with van der Waals surface area (Å²) in [6.07, 6.45) is 1.75. The molecule has 144 valence electrons. The van der Waals surface area contributed by atoms with E-state index in [0.717, 1.165) is 22.0 Å². The molecule has 1 aromatic heterocycles. The second kappa shape index (κ2) is 9.41. The number of aromatic carboxylic acids is 1. The van der Waals surface area contributed by atoms with Gasteiger partial charge < -0.3 is 11.8 Å². The minimum absolute atomic E-state index is 0. The number of aromatic nitrogens is 1. The molecule has 1 amide bonds. The molecule has 0 bridgehead atoms. The van der Waals surface area contributed by atoms with Crippen LogP contribution in [-0.4, -0.2) is 22.0 Å². The summed E-state index contributed by atoms with van der Waals surface area (Å²) in [6.45, 7) is 0. The Bertz CT molecular complexity index is 1240. The number of nitrogens with one attached hydrogen (secondary N) is 1. The van der Waals surface area contributed by atoms with Crippen LogP contribution in [0.15, 0.2) is 79.0 Å². The number of para-hydroxylation sites is 1. The van der Waals surface area contributed by atoms with Crippen LogP contribution in [0.5, 0.6) is 0 Å². The molecule has 7 heteroatoms. The van der Waals surface area contributed by atoms with E-state index < -0.39 is 11.9 Å². The Morgan fingerprint density at radius 1 is 0.967 bits per heavy atom. The average Bonchev–Trinajstić information content (AvgIpc) is 2.74. The van der Waals surface area contributed by atoms with Gasteiger partial charge in [-0.15, -0.1) is 0 Å². The standard InChI is InChI=1S/C23H15ClN2O3.Na.H/c24-17-10-11-20(19(13-17)23(28)29)26-22(27)16-8-6-14(7-9-16)18-5-1-3-15-4-2-12-25-21(15)18;;/h1-13H,(H,26,27)(H,28,29);;/q;+1;-1. The molecule has 3 aromatic carbocycles. The molecule has 0 unspecified atom stereocenters. The Morgan fingerprint density at radius 2 is 1.70 bits per heavy atom. The maximum atomic E-state index is 12.6. The van der Waals surface area contributed by atoms with Crippen LogP contribution >= 0.6 is 11.6 Å². The first kappa shape index (κ1) is 22.0. The molecule has 1 heterocycles. The van der Waals surface area contributed by atoms with E-state index in [1.54, 1.807) is 18.3 Å². The normalized spacial score (nSPS) is 10.3. The van der Waals surface area contributed by atoms with Crippen LogP contribution in [0.1, 0.15) is 22.1 Å². The van der Waals surface area contributed by atoms with Gasteiger partial charge in [0.1, 0.15) is 0 Å². The zero-order valence-electron chi connectivity index (χ0n) is 17.1. The van der Waals surface area contributed by atoms with Gasteiger partial charge in [0.25, 0.3) is 5.91 Å². The van der Waals surface area contributed by atoms with E-state index in [-0.39, 0.29) is 47.3 Å². The van der Waals surface area contributed by atoms with E-state index in [9.17, 15) is 14.7 Å². The van der Waals surface area contributed by atoms with Crippen molar-refractivity contribution >= 4 is 40.1 Å². The molecule has 0 aliphatic carbocycles. The summed E-state index contributed by atoms with van der Waals surface area (Å²) >= 11 is 5.85. The van der Waals surface area contributed by atoms with Crippen molar-refractivity contribution in [3.05, 3.63) is 95.1 Å². The van der Waals surface area contributed by atoms with E-state index in [1.165, 1.54) is 18.2 Å². The van der Waals surface area contributed by atoms with Gasteiger partial charge >= 0.3 is 35.5 Å². The first-order valence-corrected chi connectivity index (χ1v) is 9.19. The number of rotatable bonds is 4. The number of anilines is 1. The van der Waals surface area contributed by atoms with Gasteiger partial charge in [0.15, 0.2) is 0 Å². The van der Waals surface area contributed by atoms with E-state index in [1.807, 2.05) is 42.5 Å². The smallest absolute Gasteiger partial charge is 1.00 e. The summed E-state index contributed by atoms with van der Waals surface area (Å²) in [5, 5.41) is 13.3. The Morgan fingerprint density at radius 3 is 2.43 bits per heavy atom. The van der Waals surface area contributed by atoms with E-state index >= 15 is 0 Å². The molecule has 30 heavy (non-hydrogen) atoms. The molecule has 0 aliphatic heterocycles. The number of carbonyl (C=O) groups is 2. The monoisotopic (exact) mass is 426 g/mol. The number of hydrogen-bond donors (Lipinski definition) is 2. The summed E-state index contributed by atoms with van der Waals surface area (Å²) in [4.78, 5) is 28.4. The number of nitrogens with zero attached hydrogens (tertiary/aromatic N) is 1. The van der Waals surface area contributed by atoms with E-state index in [2.05, 4.69) is 10.3 Å². The third-order valence-corrected chi connectivity index (χ3v) is 4.79. The molecular formula is C23H16ClN2NaO3. The predicted molar refractivity (Wildman–Crippen MR) is 115 cm³/mol. The van der Waals surface area contributed by atoms with Gasteiger partial charge in [-0.2, -0.15) is 0 Å². The summed E-state index contributed by atoms with van der Waals surface area (Å²) < 4.78 is 0. The number of pyridine rings is 1. The quantitative estimate of drug-likeness (QED) is 0.492. The van der Waals surface area contributed by atoms with Crippen LogP contribution in [0.2, 0.25) is 5.02 Å². The van der Waals surface area contributed by atoms with Gasteiger partial charge in [-0.25, -0.2) is 4.79 Å². The Labute approximate surface area is 201 Å². The Balaban J connectivity index is 0.00000171. The molecule has 5 nitrogen and oxygen atoms in total. The van der Waals surface area contributed by atoms with Crippen molar-refractivity contribution in [2.75, 3.05) is 5.32 Å². The molecule has 4 aromatic rings. The number of carboxylic acid groups (broad SMARTS) is 1. The second-order valence-corrected chi connectivity index (χ2v) is 6.84. The molecule has 0 fully saturated rings. The van der Waals surface area contributed by atoms with Crippen LogP contribution in [0.4, 0.5) is 5.69 Å². The summed E-state index contributed by atoms with van der Waals surface area (Å²) in [5.74, 6) is -1.57. The molecule has 0 spiro atoms. The Kier molecular flexibility index (Phi) is 6.90. The van der Waals surface area contributed by atoms with Crippen molar-refractivity contribution < 1.29 is 45.7 Å². The van der Waals surface area contributed by atoms with Crippen LogP contribution in [0, 0.1) is 0 Å². The van der Waals surface area contributed by atoms with Gasteiger partial charge in [0.2, 0.25) is 0 Å². The minimum Gasteiger partial charge on any atom is -1.00 e. The summed E-state index contributed by atoms with van der Waals surface area (Å²) in [5.41, 5.74) is 3.33. The van der Waals surface area contributed by atoms with E-state index in [4.69, 9.17) is 11.6 Å². The average molecular weight is 427 g/mol. The molecule has 4 rings (SSSR count). The maximum absolute atomic E-state index is 12.6. The van der Waals surface area contributed by atoms with Gasteiger partial charge in [-0.05, 0) is 42.0 Å². The zero-order valence-corrected chi connectivity index (χ0v) is 18.9. The first-order chi connectivity index (χ1) is 14.0. The van der Waals surface area contributed by atoms with Gasteiger partial charge in [-0.1, -0.05) is 48.0 Å². The number of halogens is 1. The molecule has 2 N–H and O–H groups in total. The number of hydrogen-bond acceptors (Lipinski definition) is 3. The third kappa shape index (κ3) is 4.55. The largest absolute Gasteiger partial charge is 1.00 e. The van der Waals surface area contributed by atoms with Crippen LogP contribution < -0.4 is 34.9 Å². The van der Waals surface area contributed by atoms with Gasteiger partial charge in [-0.3, -0.25) is 9.78 Å². The fraction of sp³-hybridized carbons (Fsp3) is 0. The van der Waals surface area contributed by atoms with Crippen molar-refractivity contribution in [3.8, 4) is 11.1 Å². The van der Waals surface area contributed by atoms with Crippen molar-refractivity contribution in [2.24, 2.45) is 0 Å². The number of amides is 1. The van der Waals surface area contributed by atoms with Crippen molar-refractivity contribution in [1.29, 1.82) is 0 Å². The van der Waals surface area contributed by atoms with Gasteiger partial charge in [0.05, 0.1) is 16.8 Å². The van der Waals surface area contributed by atoms with Crippen LogP contribution in [0.3, 0.4) is 0 Å². The first-order valence-electron chi connectivity index (χ1n) is 8.81. The zero-order chi connectivity index (χ0) is 20.4. The number of carbonyl (C=O) groups excluding carboxylic acids is 1. The Hall–Kier alpha value is -2.70. The number of fused-ring (bicyclic) bond motifs is 1. The SMILES string of the molecule is O=C(Nc1ccc(Cl)cc1C(=O)O)c1ccc(-c2cccc3cccnc23)cc1.[H-].[Na+]. The molecule has 0 saturated carbocycles.